The van der Waals surface area contributed by atoms with Crippen molar-refractivity contribution < 1.29 is 12.7 Å². The zero-order chi connectivity index (χ0) is 12.6. The summed E-state index contributed by atoms with van der Waals surface area (Å²) in [6.07, 6.45) is 0. The van der Waals surface area contributed by atoms with E-state index >= 15 is 0 Å². The second-order valence-corrected chi connectivity index (χ2v) is 4.79. The van der Waals surface area contributed by atoms with E-state index in [0.717, 1.165) is 17.0 Å². The SMILES string of the molecule is CC(=N)C(C)=Nc1ccccc1C.[Cl][Ni][Cl]. The number of halogens is 2. The molecule has 2 nitrogen and oxygen atoms in total. The fourth-order valence-electron chi connectivity index (χ4n) is 0.953. The molecule has 92 valence electrons. The maximum atomic E-state index is 7.39. The van der Waals surface area contributed by atoms with Crippen LogP contribution >= 0.6 is 20.4 Å². The van der Waals surface area contributed by atoms with Crippen LogP contribution in [0.5, 0.6) is 0 Å². The first-order valence-corrected chi connectivity index (χ1v) is 7.23. The molecular weight excluding hydrogens is 290 g/mol. The summed E-state index contributed by atoms with van der Waals surface area (Å²) in [5.41, 5.74) is 3.38. The Morgan fingerprint density at radius 3 is 2.19 bits per heavy atom. The van der Waals surface area contributed by atoms with Crippen molar-refractivity contribution in [2.24, 2.45) is 4.99 Å². The zero-order valence-corrected chi connectivity index (χ0v) is 11.8. The molecule has 1 rings (SSSR count). The average Bonchev–Trinajstić information content (AvgIpc) is 2.22. The number of benzene rings is 1. The second kappa shape index (κ2) is 8.75. The Labute approximate surface area is 111 Å². The molecule has 1 aromatic rings. The third kappa shape index (κ3) is 6.27. The summed E-state index contributed by atoms with van der Waals surface area (Å²) in [5, 5.41) is 7.39. The van der Waals surface area contributed by atoms with Gasteiger partial charge in [0.25, 0.3) is 0 Å². The van der Waals surface area contributed by atoms with Crippen LogP contribution in [0.3, 0.4) is 0 Å². The Hall–Kier alpha value is -0.366. The number of hydrogen-bond acceptors (Lipinski definition) is 2. The van der Waals surface area contributed by atoms with Gasteiger partial charge in [-0.1, -0.05) is 18.2 Å². The van der Waals surface area contributed by atoms with Gasteiger partial charge in [-0.15, -0.1) is 0 Å². The molecule has 0 unspecified atom stereocenters. The predicted octanol–water partition coefficient (Wildman–Crippen LogP) is 4.50. The molecule has 5 heteroatoms. The number of aliphatic imine (C=N–C) groups is 1. The molecule has 0 bridgehead atoms. The van der Waals surface area contributed by atoms with Crippen molar-refractivity contribution in [3.8, 4) is 0 Å². The summed E-state index contributed by atoms with van der Waals surface area (Å²) in [4.78, 5) is 4.35. The minimum atomic E-state index is 0.517. The van der Waals surface area contributed by atoms with Crippen LogP contribution in [0.1, 0.15) is 19.4 Å². The van der Waals surface area contributed by atoms with Gasteiger partial charge >= 0.3 is 33.0 Å². The van der Waals surface area contributed by atoms with Crippen molar-refractivity contribution >= 4 is 37.5 Å². The Kier molecular flexibility index (Phi) is 8.55. The number of para-hydroxylation sites is 1. The normalized spacial score (nSPS) is 10.7. The third-order valence-electron chi connectivity index (χ3n) is 1.95. The summed E-state index contributed by atoms with van der Waals surface area (Å²) < 4.78 is 0. The van der Waals surface area contributed by atoms with E-state index in [2.05, 4.69) is 4.99 Å². The van der Waals surface area contributed by atoms with Crippen LogP contribution in [0.4, 0.5) is 5.69 Å². The van der Waals surface area contributed by atoms with E-state index in [1.807, 2.05) is 38.1 Å². The summed E-state index contributed by atoms with van der Waals surface area (Å²) >= 11 is 0.569. The predicted molar refractivity (Wildman–Crippen MR) is 69.1 cm³/mol. The quantitative estimate of drug-likeness (QED) is 0.617. The molecule has 0 radical (unpaired) electrons. The van der Waals surface area contributed by atoms with Crippen LogP contribution in [0.2, 0.25) is 0 Å². The molecule has 0 amide bonds. The van der Waals surface area contributed by atoms with Gasteiger partial charge in [0.1, 0.15) is 0 Å². The summed E-state index contributed by atoms with van der Waals surface area (Å²) in [6.45, 7) is 5.62. The Morgan fingerprint density at radius 1 is 1.25 bits per heavy atom. The van der Waals surface area contributed by atoms with E-state index < -0.39 is 0 Å². The Morgan fingerprint density at radius 2 is 1.75 bits per heavy atom. The number of nitrogens with one attached hydrogen (secondary N) is 1. The molecule has 0 heterocycles. The fourth-order valence-corrected chi connectivity index (χ4v) is 0.953. The van der Waals surface area contributed by atoms with E-state index in [0.29, 0.717) is 18.4 Å². The number of nitrogens with zero attached hydrogens (tertiary/aromatic N) is 1. The molecule has 0 spiro atoms. The molecule has 0 saturated carbocycles. The molecule has 1 N–H and O–H groups in total. The van der Waals surface area contributed by atoms with E-state index in [4.69, 9.17) is 25.8 Å². The van der Waals surface area contributed by atoms with Crippen molar-refractivity contribution in [2.75, 3.05) is 0 Å². The second-order valence-electron chi connectivity index (χ2n) is 3.15. The maximum absolute atomic E-state index is 7.39. The van der Waals surface area contributed by atoms with Crippen molar-refractivity contribution in [1.82, 2.24) is 0 Å². The van der Waals surface area contributed by atoms with Crippen LogP contribution in [-0.2, 0) is 12.7 Å². The molecule has 0 saturated heterocycles. The van der Waals surface area contributed by atoms with E-state index in [-0.39, 0.29) is 0 Å². The summed E-state index contributed by atoms with van der Waals surface area (Å²) in [5.74, 6) is 0. The first-order chi connectivity index (χ1) is 7.52. The molecule has 0 aliphatic heterocycles. The third-order valence-corrected chi connectivity index (χ3v) is 1.95. The molecule has 0 aliphatic carbocycles. The standard InChI is InChI=1S/C11H14N2.2ClH.Ni/c1-8-6-4-5-7-11(8)13-10(3)9(2)12;;;/h4-7,12H,1-3H3;2*1H;/q;;;+2/p-2. The molecular formula is C11H14Cl2N2Ni. The molecule has 16 heavy (non-hydrogen) atoms. The number of aryl methyl sites for hydroxylation is 1. The molecule has 0 aromatic heterocycles. The first-order valence-electron chi connectivity index (χ1n) is 4.51. The van der Waals surface area contributed by atoms with Crippen LogP contribution in [-0.4, -0.2) is 11.4 Å². The first kappa shape index (κ1) is 15.6. The van der Waals surface area contributed by atoms with Gasteiger partial charge in [0.05, 0.1) is 11.4 Å². The van der Waals surface area contributed by atoms with Crippen LogP contribution in [0.15, 0.2) is 29.3 Å². The molecule has 0 aliphatic rings. The number of rotatable bonds is 2. The van der Waals surface area contributed by atoms with Gasteiger partial charge in [0, 0.05) is 5.71 Å². The zero-order valence-electron chi connectivity index (χ0n) is 9.33. The summed E-state index contributed by atoms with van der Waals surface area (Å²) in [7, 11) is 9.40. The van der Waals surface area contributed by atoms with Crippen molar-refractivity contribution in [3.63, 3.8) is 0 Å². The van der Waals surface area contributed by atoms with Gasteiger partial charge < -0.3 is 5.41 Å². The van der Waals surface area contributed by atoms with Gasteiger partial charge in [0.15, 0.2) is 0 Å². The topological polar surface area (TPSA) is 36.2 Å². The van der Waals surface area contributed by atoms with E-state index in [1.165, 1.54) is 0 Å². The van der Waals surface area contributed by atoms with Crippen molar-refractivity contribution in [3.05, 3.63) is 29.8 Å². The van der Waals surface area contributed by atoms with Gasteiger partial charge in [-0.2, -0.15) is 0 Å². The fraction of sp³-hybridized carbons (Fsp3) is 0.273. The minimum absolute atomic E-state index is 0.517. The average molecular weight is 304 g/mol. The van der Waals surface area contributed by atoms with Gasteiger partial charge in [-0.05, 0) is 32.4 Å². The molecule has 1 aromatic carbocycles. The molecule has 0 atom stereocenters. The van der Waals surface area contributed by atoms with Gasteiger partial charge in [0.2, 0.25) is 0 Å². The van der Waals surface area contributed by atoms with Gasteiger partial charge in [-0.3, -0.25) is 4.99 Å². The molecule has 0 fully saturated rings. The number of hydrogen-bond donors (Lipinski definition) is 1. The Balaban J connectivity index is 0.000000673. The van der Waals surface area contributed by atoms with Crippen LogP contribution in [0, 0.1) is 12.3 Å². The van der Waals surface area contributed by atoms with E-state index in [9.17, 15) is 0 Å². The van der Waals surface area contributed by atoms with Gasteiger partial charge in [-0.25, -0.2) is 0 Å². The van der Waals surface area contributed by atoms with Crippen molar-refractivity contribution in [1.29, 1.82) is 5.41 Å². The monoisotopic (exact) mass is 302 g/mol. The van der Waals surface area contributed by atoms with Crippen molar-refractivity contribution in [2.45, 2.75) is 20.8 Å². The van der Waals surface area contributed by atoms with Crippen LogP contribution in [0.25, 0.3) is 0 Å². The van der Waals surface area contributed by atoms with E-state index in [1.54, 1.807) is 6.92 Å². The van der Waals surface area contributed by atoms with Crippen LogP contribution < -0.4 is 0 Å². The Bertz CT molecular complexity index is 378. The summed E-state index contributed by atoms with van der Waals surface area (Å²) in [6, 6.07) is 7.92.